The fourth-order valence-corrected chi connectivity index (χ4v) is 4.15. The maximum atomic E-state index is 12.9. The zero-order valence-electron chi connectivity index (χ0n) is 16.0. The van der Waals surface area contributed by atoms with Gasteiger partial charge in [-0.3, -0.25) is 19.8 Å². The molecule has 1 aliphatic heterocycles. The molecule has 0 spiro atoms. The monoisotopic (exact) mass is 405 g/mol. The first-order valence-corrected chi connectivity index (χ1v) is 9.99. The number of para-hydroxylation sites is 1. The van der Waals surface area contributed by atoms with Crippen molar-refractivity contribution in [1.82, 2.24) is 14.8 Å². The topological polar surface area (TPSA) is 71.4 Å². The molecule has 3 heterocycles. The number of thiophene rings is 1. The molecule has 6 nitrogen and oxygen atoms in total. The summed E-state index contributed by atoms with van der Waals surface area (Å²) in [5.41, 5.74) is 3.60. The Labute approximate surface area is 172 Å². The Balaban J connectivity index is 1.71. The van der Waals surface area contributed by atoms with Crippen LogP contribution in [0.4, 0.5) is 4.79 Å². The number of hydrogen-bond donors (Lipinski definition) is 1. The van der Waals surface area contributed by atoms with Gasteiger partial charge < -0.3 is 4.57 Å². The molecule has 29 heavy (non-hydrogen) atoms. The highest BCUT2D eigenvalue weighted by atomic mass is 32.1. The highest BCUT2D eigenvalue weighted by Crippen LogP contribution is 2.25. The predicted molar refractivity (Wildman–Crippen MR) is 112 cm³/mol. The average molecular weight is 405 g/mol. The summed E-state index contributed by atoms with van der Waals surface area (Å²) < 4.78 is 2.06. The first-order chi connectivity index (χ1) is 14.0. The Morgan fingerprint density at radius 1 is 1.03 bits per heavy atom. The molecule has 0 bridgehead atoms. The van der Waals surface area contributed by atoms with Crippen molar-refractivity contribution in [3.8, 4) is 5.69 Å². The largest absolute Gasteiger partial charge is 0.331 e. The lowest BCUT2D eigenvalue weighted by atomic mass is 10.1. The third-order valence-electron chi connectivity index (χ3n) is 4.86. The fraction of sp³-hybridized carbons (Fsp3) is 0.136. The lowest BCUT2D eigenvalue weighted by molar-refractivity contribution is -0.130. The first-order valence-electron chi connectivity index (χ1n) is 9.11. The van der Waals surface area contributed by atoms with Gasteiger partial charge in [-0.2, -0.15) is 0 Å². The number of hydrogen-bond acceptors (Lipinski definition) is 4. The van der Waals surface area contributed by atoms with Crippen molar-refractivity contribution in [3.05, 3.63) is 81.3 Å². The number of urea groups is 1. The fourth-order valence-electron chi connectivity index (χ4n) is 3.46. The molecule has 3 aromatic rings. The van der Waals surface area contributed by atoms with Crippen molar-refractivity contribution >= 4 is 35.3 Å². The van der Waals surface area contributed by atoms with Crippen LogP contribution in [0.1, 0.15) is 21.8 Å². The van der Waals surface area contributed by atoms with Gasteiger partial charge in [0.25, 0.3) is 11.8 Å². The number of aryl methyl sites for hydroxylation is 1. The van der Waals surface area contributed by atoms with Crippen LogP contribution >= 0.6 is 11.3 Å². The van der Waals surface area contributed by atoms with Gasteiger partial charge >= 0.3 is 6.03 Å². The van der Waals surface area contributed by atoms with E-state index in [1.165, 1.54) is 11.3 Å². The van der Waals surface area contributed by atoms with E-state index in [9.17, 15) is 14.4 Å². The molecule has 0 radical (unpaired) electrons. The van der Waals surface area contributed by atoms with Gasteiger partial charge in [-0.1, -0.05) is 24.3 Å². The Hall–Kier alpha value is -3.45. The van der Waals surface area contributed by atoms with Crippen molar-refractivity contribution in [2.45, 2.75) is 20.4 Å². The van der Waals surface area contributed by atoms with Gasteiger partial charge in [0, 0.05) is 22.0 Å². The summed E-state index contributed by atoms with van der Waals surface area (Å²) in [5, 5.41) is 4.15. The normalized spacial score (nSPS) is 15.9. The Morgan fingerprint density at radius 3 is 2.48 bits per heavy atom. The highest BCUT2D eigenvalue weighted by molar-refractivity contribution is 7.09. The third kappa shape index (κ3) is 3.52. The van der Waals surface area contributed by atoms with Gasteiger partial charge in [-0.05, 0) is 55.1 Å². The smallest absolute Gasteiger partial charge is 0.318 e. The second-order valence-corrected chi connectivity index (χ2v) is 7.82. The summed E-state index contributed by atoms with van der Waals surface area (Å²) in [6.45, 7) is 4.04. The molecule has 2 aromatic heterocycles. The molecule has 1 aromatic carbocycles. The quantitative estimate of drug-likeness (QED) is 0.530. The van der Waals surface area contributed by atoms with Crippen LogP contribution in [-0.2, 0) is 16.1 Å². The van der Waals surface area contributed by atoms with E-state index in [4.69, 9.17) is 0 Å². The van der Waals surface area contributed by atoms with E-state index in [-0.39, 0.29) is 12.1 Å². The molecule has 4 amide bonds. The SMILES string of the molecule is Cc1cc(C=C2C(=O)NC(=O)N(Cc3cccs3)C2=O)c(C)n1-c1ccccc1. The van der Waals surface area contributed by atoms with Crippen molar-refractivity contribution in [1.29, 1.82) is 0 Å². The van der Waals surface area contributed by atoms with Crippen LogP contribution in [0, 0.1) is 13.8 Å². The van der Waals surface area contributed by atoms with E-state index in [1.54, 1.807) is 6.08 Å². The number of benzene rings is 1. The molecule has 0 unspecified atom stereocenters. The number of nitrogens with zero attached hydrogens (tertiary/aromatic N) is 2. The van der Waals surface area contributed by atoms with Gasteiger partial charge in [-0.25, -0.2) is 4.79 Å². The standard InChI is InChI=1S/C22H19N3O3S/c1-14-11-16(15(2)25(14)17-7-4-3-5-8-17)12-19-20(26)23-22(28)24(21(19)27)13-18-9-6-10-29-18/h3-12H,13H2,1-2H3,(H,23,26,28). The Kier molecular flexibility index (Phi) is 4.90. The molecule has 0 atom stereocenters. The zero-order chi connectivity index (χ0) is 20.5. The third-order valence-corrected chi connectivity index (χ3v) is 5.73. The van der Waals surface area contributed by atoms with Gasteiger partial charge in [0.1, 0.15) is 5.57 Å². The van der Waals surface area contributed by atoms with Crippen LogP contribution in [0.3, 0.4) is 0 Å². The van der Waals surface area contributed by atoms with Crippen molar-refractivity contribution < 1.29 is 14.4 Å². The predicted octanol–water partition coefficient (Wildman–Crippen LogP) is 3.82. The number of barbiturate groups is 1. The number of imide groups is 2. The molecular formula is C22H19N3O3S. The maximum Gasteiger partial charge on any atom is 0.331 e. The first kappa shape index (κ1) is 18.9. The minimum atomic E-state index is -0.694. The number of carbonyl (C=O) groups excluding carboxylic acids is 3. The van der Waals surface area contributed by atoms with Gasteiger partial charge in [0.05, 0.1) is 6.54 Å². The lowest BCUT2D eigenvalue weighted by Crippen LogP contribution is -2.53. The second kappa shape index (κ2) is 7.52. The summed E-state index contributed by atoms with van der Waals surface area (Å²) >= 11 is 1.45. The molecule has 146 valence electrons. The molecule has 0 saturated carbocycles. The van der Waals surface area contributed by atoms with Crippen LogP contribution in [0.25, 0.3) is 11.8 Å². The minimum Gasteiger partial charge on any atom is -0.318 e. The molecule has 4 rings (SSSR count). The molecule has 0 aliphatic carbocycles. The summed E-state index contributed by atoms with van der Waals surface area (Å²) in [6.07, 6.45) is 1.56. The minimum absolute atomic E-state index is 0.0468. The van der Waals surface area contributed by atoms with Crippen LogP contribution in [0.15, 0.2) is 59.5 Å². The van der Waals surface area contributed by atoms with Gasteiger partial charge in [-0.15, -0.1) is 11.3 Å². The van der Waals surface area contributed by atoms with E-state index in [2.05, 4.69) is 9.88 Å². The summed E-state index contributed by atoms with van der Waals surface area (Å²) in [4.78, 5) is 39.4. The second-order valence-electron chi connectivity index (χ2n) is 6.79. The van der Waals surface area contributed by atoms with Crippen molar-refractivity contribution in [3.63, 3.8) is 0 Å². The van der Waals surface area contributed by atoms with E-state index < -0.39 is 17.8 Å². The molecule has 1 N–H and O–H groups in total. The maximum absolute atomic E-state index is 12.9. The van der Waals surface area contributed by atoms with E-state index in [0.717, 1.165) is 32.4 Å². The number of amides is 4. The summed E-state index contributed by atoms with van der Waals surface area (Å²) in [6, 6.07) is 14.8. The van der Waals surface area contributed by atoms with Crippen LogP contribution in [0.5, 0.6) is 0 Å². The van der Waals surface area contributed by atoms with Crippen molar-refractivity contribution in [2.75, 3.05) is 0 Å². The van der Waals surface area contributed by atoms with Crippen LogP contribution in [0.2, 0.25) is 0 Å². The molecular weight excluding hydrogens is 386 g/mol. The van der Waals surface area contributed by atoms with Crippen LogP contribution < -0.4 is 5.32 Å². The van der Waals surface area contributed by atoms with Gasteiger partial charge in [0.15, 0.2) is 0 Å². The van der Waals surface area contributed by atoms with Gasteiger partial charge in [0.2, 0.25) is 0 Å². The van der Waals surface area contributed by atoms with Crippen LogP contribution in [-0.4, -0.2) is 27.3 Å². The summed E-state index contributed by atoms with van der Waals surface area (Å²) in [5.74, 6) is -1.26. The highest BCUT2D eigenvalue weighted by Gasteiger charge is 2.36. The lowest BCUT2D eigenvalue weighted by Gasteiger charge is -2.25. The number of carbonyl (C=O) groups is 3. The molecule has 1 aliphatic rings. The Morgan fingerprint density at radius 2 is 1.79 bits per heavy atom. The van der Waals surface area contributed by atoms with E-state index >= 15 is 0 Å². The number of aromatic nitrogens is 1. The summed E-state index contributed by atoms with van der Waals surface area (Å²) in [7, 11) is 0. The average Bonchev–Trinajstić information content (AvgIpc) is 3.30. The number of nitrogens with one attached hydrogen (secondary N) is 1. The van der Waals surface area contributed by atoms with E-state index in [0.29, 0.717) is 0 Å². The number of rotatable bonds is 4. The molecule has 1 saturated heterocycles. The van der Waals surface area contributed by atoms with Crippen molar-refractivity contribution in [2.24, 2.45) is 0 Å². The zero-order valence-corrected chi connectivity index (χ0v) is 16.8. The Bertz CT molecular complexity index is 1130. The molecule has 1 fully saturated rings. The van der Waals surface area contributed by atoms with E-state index in [1.807, 2.05) is 67.8 Å². The molecule has 7 heteroatoms.